The zero-order valence-electron chi connectivity index (χ0n) is 9.48. The van der Waals surface area contributed by atoms with Gasteiger partial charge in [-0.15, -0.1) is 0 Å². The van der Waals surface area contributed by atoms with E-state index in [1.165, 1.54) is 18.3 Å². The van der Waals surface area contributed by atoms with E-state index in [0.29, 0.717) is 17.2 Å². The zero-order chi connectivity index (χ0) is 13.8. The summed E-state index contributed by atoms with van der Waals surface area (Å²) in [6.45, 7) is -2.85. The number of aromatic nitrogens is 2. The molecule has 0 atom stereocenters. The molecule has 0 radical (unpaired) electrons. The van der Waals surface area contributed by atoms with Gasteiger partial charge in [0.15, 0.2) is 5.82 Å². The molecule has 0 saturated heterocycles. The maximum atomic E-state index is 12.0. The molecule has 100 valence electrons. The second-order valence-corrected chi connectivity index (χ2v) is 3.81. The van der Waals surface area contributed by atoms with Crippen LogP contribution in [0.15, 0.2) is 30.5 Å². The molecule has 1 heterocycles. The van der Waals surface area contributed by atoms with Crippen molar-refractivity contribution < 1.29 is 13.5 Å². The van der Waals surface area contributed by atoms with Gasteiger partial charge in [0.25, 0.3) is 0 Å². The van der Waals surface area contributed by atoms with Crippen molar-refractivity contribution in [2.75, 3.05) is 11.1 Å². The monoisotopic (exact) mass is 286 g/mol. The first-order valence-corrected chi connectivity index (χ1v) is 5.52. The van der Waals surface area contributed by atoms with E-state index >= 15 is 0 Å². The molecule has 0 unspecified atom stereocenters. The lowest BCUT2D eigenvalue weighted by molar-refractivity contribution is -0.0498. The number of ether oxygens (including phenoxy) is 1. The summed E-state index contributed by atoms with van der Waals surface area (Å²) in [6.07, 6.45) is 1.37. The van der Waals surface area contributed by atoms with Crippen LogP contribution in [0.3, 0.4) is 0 Å². The number of nitrogens with one attached hydrogen (secondary N) is 1. The summed E-state index contributed by atoms with van der Waals surface area (Å²) >= 11 is 5.64. The van der Waals surface area contributed by atoms with Gasteiger partial charge in [0.2, 0.25) is 5.28 Å². The van der Waals surface area contributed by atoms with Gasteiger partial charge in [-0.3, -0.25) is 0 Å². The smallest absolute Gasteiger partial charge is 0.387 e. The van der Waals surface area contributed by atoms with E-state index in [1.54, 1.807) is 12.1 Å². The van der Waals surface area contributed by atoms with Gasteiger partial charge in [0.1, 0.15) is 5.75 Å². The highest BCUT2D eigenvalue weighted by atomic mass is 35.5. The third-order valence-corrected chi connectivity index (χ3v) is 2.31. The number of benzene rings is 1. The Balaban J connectivity index is 2.13. The molecular formula is C11H9ClF2N4O. The predicted octanol–water partition coefficient (Wildman–Crippen LogP) is 3.06. The molecule has 0 amide bonds. The minimum Gasteiger partial charge on any atom is -0.435 e. The van der Waals surface area contributed by atoms with Crippen LogP contribution in [0.5, 0.6) is 5.75 Å². The van der Waals surface area contributed by atoms with Crippen LogP contribution in [0.25, 0.3) is 0 Å². The molecule has 0 bridgehead atoms. The Labute approximate surface area is 112 Å². The van der Waals surface area contributed by atoms with Gasteiger partial charge in [0.05, 0.1) is 11.9 Å². The third-order valence-electron chi connectivity index (χ3n) is 2.13. The molecule has 2 rings (SSSR count). The van der Waals surface area contributed by atoms with Gasteiger partial charge in [-0.2, -0.15) is 13.8 Å². The molecule has 19 heavy (non-hydrogen) atoms. The lowest BCUT2D eigenvalue weighted by Gasteiger charge is -2.09. The Kier molecular flexibility index (Phi) is 3.96. The SMILES string of the molecule is Nc1cnc(Cl)nc1Nc1ccc(OC(F)F)cc1. The van der Waals surface area contributed by atoms with E-state index in [0.717, 1.165) is 0 Å². The predicted molar refractivity (Wildman–Crippen MR) is 67.8 cm³/mol. The lowest BCUT2D eigenvalue weighted by atomic mass is 10.3. The number of nitrogens with zero attached hydrogens (tertiary/aromatic N) is 2. The van der Waals surface area contributed by atoms with Crippen molar-refractivity contribution in [2.45, 2.75) is 6.61 Å². The number of alkyl halides is 2. The Morgan fingerprint density at radius 3 is 2.58 bits per heavy atom. The van der Waals surface area contributed by atoms with E-state index in [-0.39, 0.29) is 11.0 Å². The third kappa shape index (κ3) is 3.65. The van der Waals surface area contributed by atoms with Crippen LogP contribution in [-0.4, -0.2) is 16.6 Å². The van der Waals surface area contributed by atoms with Crippen molar-refractivity contribution in [3.05, 3.63) is 35.7 Å². The minimum atomic E-state index is -2.85. The van der Waals surface area contributed by atoms with Crippen LogP contribution in [0.4, 0.5) is 26.0 Å². The maximum Gasteiger partial charge on any atom is 0.387 e. The Hall–Kier alpha value is -2.15. The molecule has 5 nitrogen and oxygen atoms in total. The molecule has 8 heteroatoms. The van der Waals surface area contributed by atoms with Crippen LogP contribution in [0.1, 0.15) is 0 Å². The van der Waals surface area contributed by atoms with Gasteiger partial charge in [0, 0.05) is 5.69 Å². The summed E-state index contributed by atoms with van der Waals surface area (Å²) in [4.78, 5) is 7.62. The van der Waals surface area contributed by atoms with Crippen LogP contribution in [0, 0.1) is 0 Å². The standard InChI is InChI=1S/C11H9ClF2N4O/c12-10-16-5-8(15)9(18-10)17-6-1-3-7(4-2-6)19-11(13)14/h1-5,11H,15H2,(H,16,17,18). The average molecular weight is 287 g/mol. The molecule has 0 aliphatic carbocycles. The normalized spacial score (nSPS) is 10.5. The largest absolute Gasteiger partial charge is 0.435 e. The molecular weight excluding hydrogens is 278 g/mol. The number of hydrogen-bond donors (Lipinski definition) is 2. The molecule has 0 aliphatic heterocycles. The summed E-state index contributed by atoms with van der Waals surface area (Å²) in [5, 5.41) is 2.94. The van der Waals surface area contributed by atoms with Gasteiger partial charge < -0.3 is 15.8 Å². The van der Waals surface area contributed by atoms with Gasteiger partial charge in [-0.1, -0.05) is 0 Å². The fourth-order valence-electron chi connectivity index (χ4n) is 1.33. The van der Waals surface area contributed by atoms with E-state index in [2.05, 4.69) is 20.0 Å². The molecule has 1 aromatic heterocycles. The fourth-order valence-corrected chi connectivity index (χ4v) is 1.46. The van der Waals surface area contributed by atoms with Gasteiger partial charge in [-0.25, -0.2) is 4.98 Å². The first-order chi connectivity index (χ1) is 9.04. The van der Waals surface area contributed by atoms with Crippen molar-refractivity contribution in [3.63, 3.8) is 0 Å². The number of nitrogen functional groups attached to an aromatic ring is 1. The summed E-state index contributed by atoms with van der Waals surface area (Å²) < 4.78 is 28.2. The number of anilines is 3. The Bertz CT molecular complexity index is 565. The van der Waals surface area contributed by atoms with E-state index in [1.807, 2.05) is 0 Å². The van der Waals surface area contributed by atoms with Crippen LogP contribution in [-0.2, 0) is 0 Å². The summed E-state index contributed by atoms with van der Waals surface area (Å²) in [6, 6.07) is 5.89. The highest BCUT2D eigenvalue weighted by Gasteiger charge is 2.06. The van der Waals surface area contributed by atoms with E-state index in [9.17, 15) is 8.78 Å². The lowest BCUT2D eigenvalue weighted by Crippen LogP contribution is -2.02. The topological polar surface area (TPSA) is 73.1 Å². The highest BCUT2D eigenvalue weighted by Crippen LogP contribution is 2.23. The van der Waals surface area contributed by atoms with Crippen molar-refractivity contribution in [2.24, 2.45) is 0 Å². The number of hydrogen-bond acceptors (Lipinski definition) is 5. The quantitative estimate of drug-likeness (QED) is 0.845. The van der Waals surface area contributed by atoms with Gasteiger partial charge >= 0.3 is 6.61 Å². The highest BCUT2D eigenvalue weighted by molar-refractivity contribution is 6.28. The van der Waals surface area contributed by atoms with Crippen molar-refractivity contribution in [3.8, 4) is 5.75 Å². The fraction of sp³-hybridized carbons (Fsp3) is 0.0909. The second-order valence-electron chi connectivity index (χ2n) is 3.47. The summed E-state index contributed by atoms with van der Waals surface area (Å²) in [5.74, 6) is 0.400. The van der Waals surface area contributed by atoms with Crippen molar-refractivity contribution in [1.29, 1.82) is 0 Å². The molecule has 0 aliphatic rings. The van der Waals surface area contributed by atoms with Crippen LogP contribution >= 0.6 is 11.6 Å². The molecule has 1 aromatic carbocycles. The van der Waals surface area contributed by atoms with E-state index in [4.69, 9.17) is 17.3 Å². The Morgan fingerprint density at radius 2 is 1.95 bits per heavy atom. The van der Waals surface area contributed by atoms with Gasteiger partial charge in [-0.05, 0) is 35.9 Å². The molecule has 0 fully saturated rings. The molecule has 3 N–H and O–H groups in total. The molecule has 0 saturated carbocycles. The molecule has 0 spiro atoms. The van der Waals surface area contributed by atoms with E-state index < -0.39 is 6.61 Å². The summed E-state index contributed by atoms with van der Waals surface area (Å²) in [7, 11) is 0. The van der Waals surface area contributed by atoms with Crippen LogP contribution in [0.2, 0.25) is 5.28 Å². The minimum absolute atomic E-state index is 0.0503. The average Bonchev–Trinajstić information content (AvgIpc) is 2.35. The number of rotatable bonds is 4. The second kappa shape index (κ2) is 5.66. The van der Waals surface area contributed by atoms with Crippen LogP contribution < -0.4 is 15.8 Å². The zero-order valence-corrected chi connectivity index (χ0v) is 10.2. The van der Waals surface area contributed by atoms with Crippen molar-refractivity contribution >= 4 is 28.8 Å². The Morgan fingerprint density at radius 1 is 1.26 bits per heavy atom. The maximum absolute atomic E-state index is 12.0. The number of halogens is 3. The number of nitrogens with two attached hydrogens (primary N) is 1. The molecule has 2 aromatic rings. The summed E-state index contributed by atoms with van der Waals surface area (Å²) in [5.41, 5.74) is 6.58. The first kappa shape index (κ1) is 13.3. The first-order valence-electron chi connectivity index (χ1n) is 5.14. The van der Waals surface area contributed by atoms with Crippen molar-refractivity contribution in [1.82, 2.24) is 9.97 Å².